The van der Waals surface area contributed by atoms with Crippen molar-refractivity contribution < 1.29 is 9.59 Å². The summed E-state index contributed by atoms with van der Waals surface area (Å²) in [7, 11) is 0. The Morgan fingerprint density at radius 3 is 2.94 bits per heavy atom. The zero-order valence-corrected chi connectivity index (χ0v) is 10.1. The summed E-state index contributed by atoms with van der Waals surface area (Å²) in [4.78, 5) is 30.6. The molecule has 5 heteroatoms. The highest BCUT2D eigenvalue weighted by Crippen LogP contribution is 2.25. The van der Waals surface area contributed by atoms with E-state index in [-0.39, 0.29) is 5.91 Å². The molecule has 2 aliphatic heterocycles. The van der Waals surface area contributed by atoms with Crippen LogP contribution >= 0.6 is 0 Å². The van der Waals surface area contributed by atoms with Crippen molar-refractivity contribution in [3.63, 3.8) is 0 Å². The molecule has 2 aliphatic rings. The van der Waals surface area contributed by atoms with Gasteiger partial charge in [0.15, 0.2) is 6.29 Å². The van der Waals surface area contributed by atoms with Crippen LogP contribution in [0.5, 0.6) is 0 Å². The normalized spacial score (nSPS) is 23.1. The van der Waals surface area contributed by atoms with Gasteiger partial charge in [0.25, 0.3) is 0 Å². The Bertz CT molecular complexity index is 472. The Balaban J connectivity index is 1.74. The largest absolute Gasteiger partial charge is 0.353 e. The Hall–Kier alpha value is -1.91. The molecule has 18 heavy (non-hydrogen) atoms. The molecule has 3 heterocycles. The molecule has 0 aromatic carbocycles. The van der Waals surface area contributed by atoms with Gasteiger partial charge in [-0.05, 0) is 18.6 Å². The van der Waals surface area contributed by atoms with Gasteiger partial charge in [-0.15, -0.1) is 0 Å². The highest BCUT2D eigenvalue weighted by Gasteiger charge is 2.35. The Labute approximate surface area is 105 Å². The summed E-state index contributed by atoms with van der Waals surface area (Å²) in [5, 5.41) is 0. The molecule has 94 valence electrons. The van der Waals surface area contributed by atoms with Gasteiger partial charge in [-0.2, -0.15) is 0 Å². The SMILES string of the molecule is O=Cc1ccc(N2CCN3C(=O)CCC3C2)nc1. The molecule has 1 unspecified atom stereocenters. The van der Waals surface area contributed by atoms with Gasteiger partial charge in [0.1, 0.15) is 5.82 Å². The van der Waals surface area contributed by atoms with E-state index in [1.165, 1.54) is 0 Å². The molecule has 2 fully saturated rings. The average Bonchev–Trinajstić information content (AvgIpc) is 2.80. The van der Waals surface area contributed by atoms with E-state index in [1.54, 1.807) is 12.3 Å². The molecule has 0 N–H and O–H groups in total. The first-order chi connectivity index (χ1) is 8.78. The molecule has 1 amide bonds. The van der Waals surface area contributed by atoms with Crippen molar-refractivity contribution in [1.29, 1.82) is 0 Å². The first-order valence-corrected chi connectivity index (χ1v) is 6.23. The zero-order valence-electron chi connectivity index (χ0n) is 10.1. The number of anilines is 1. The van der Waals surface area contributed by atoms with Crippen LogP contribution in [0.1, 0.15) is 23.2 Å². The quantitative estimate of drug-likeness (QED) is 0.720. The molecule has 0 spiro atoms. The fraction of sp³-hybridized carbons (Fsp3) is 0.462. The van der Waals surface area contributed by atoms with Crippen molar-refractivity contribution in [3.05, 3.63) is 23.9 Å². The molecule has 5 nitrogen and oxygen atoms in total. The minimum atomic E-state index is 0.281. The van der Waals surface area contributed by atoms with Crippen molar-refractivity contribution in [2.45, 2.75) is 18.9 Å². The molecular formula is C13H15N3O2. The van der Waals surface area contributed by atoms with E-state index in [0.29, 0.717) is 18.0 Å². The second-order valence-electron chi connectivity index (χ2n) is 4.79. The first-order valence-electron chi connectivity index (χ1n) is 6.23. The van der Waals surface area contributed by atoms with Crippen LogP contribution in [0.25, 0.3) is 0 Å². The minimum Gasteiger partial charge on any atom is -0.353 e. The number of amides is 1. The predicted molar refractivity (Wildman–Crippen MR) is 66.6 cm³/mol. The number of pyridine rings is 1. The number of aromatic nitrogens is 1. The zero-order chi connectivity index (χ0) is 12.5. The third-order valence-electron chi connectivity index (χ3n) is 3.73. The van der Waals surface area contributed by atoms with Crippen LogP contribution in [0.4, 0.5) is 5.82 Å². The molecule has 2 saturated heterocycles. The van der Waals surface area contributed by atoms with Crippen LogP contribution in [0.15, 0.2) is 18.3 Å². The highest BCUT2D eigenvalue weighted by molar-refractivity contribution is 5.79. The number of aldehydes is 1. The van der Waals surface area contributed by atoms with E-state index in [0.717, 1.165) is 38.2 Å². The molecule has 1 atom stereocenters. The minimum absolute atomic E-state index is 0.281. The average molecular weight is 245 g/mol. The third kappa shape index (κ3) is 1.85. The van der Waals surface area contributed by atoms with E-state index in [1.807, 2.05) is 11.0 Å². The molecule has 1 aromatic heterocycles. The van der Waals surface area contributed by atoms with E-state index in [9.17, 15) is 9.59 Å². The second kappa shape index (κ2) is 4.40. The molecule has 3 rings (SSSR count). The summed E-state index contributed by atoms with van der Waals surface area (Å²) < 4.78 is 0. The summed E-state index contributed by atoms with van der Waals surface area (Å²) in [6.07, 6.45) is 4.01. The number of piperazine rings is 1. The van der Waals surface area contributed by atoms with Crippen LogP contribution < -0.4 is 4.90 Å². The number of nitrogens with zero attached hydrogens (tertiary/aromatic N) is 3. The van der Waals surface area contributed by atoms with Gasteiger partial charge < -0.3 is 9.80 Å². The van der Waals surface area contributed by atoms with Gasteiger partial charge in [0, 0.05) is 43.9 Å². The van der Waals surface area contributed by atoms with Crippen LogP contribution in [0, 0.1) is 0 Å². The maximum Gasteiger partial charge on any atom is 0.223 e. The summed E-state index contributed by atoms with van der Waals surface area (Å²) in [5.74, 6) is 1.17. The molecule has 0 radical (unpaired) electrons. The van der Waals surface area contributed by atoms with Gasteiger partial charge >= 0.3 is 0 Å². The van der Waals surface area contributed by atoms with E-state index in [4.69, 9.17) is 0 Å². The fourth-order valence-electron chi connectivity index (χ4n) is 2.73. The number of carbonyl (C=O) groups is 2. The van der Waals surface area contributed by atoms with Gasteiger partial charge in [-0.1, -0.05) is 0 Å². The number of rotatable bonds is 2. The van der Waals surface area contributed by atoms with E-state index < -0.39 is 0 Å². The molecule has 0 saturated carbocycles. The van der Waals surface area contributed by atoms with Crippen molar-refractivity contribution in [2.24, 2.45) is 0 Å². The molecule has 0 aliphatic carbocycles. The van der Waals surface area contributed by atoms with Gasteiger partial charge in [-0.3, -0.25) is 9.59 Å². The van der Waals surface area contributed by atoms with Crippen molar-refractivity contribution in [2.75, 3.05) is 24.5 Å². The maximum absolute atomic E-state index is 11.6. The number of hydrogen-bond acceptors (Lipinski definition) is 4. The van der Waals surface area contributed by atoms with Gasteiger partial charge in [0.2, 0.25) is 5.91 Å². The van der Waals surface area contributed by atoms with E-state index >= 15 is 0 Å². The number of hydrogen-bond donors (Lipinski definition) is 0. The first kappa shape index (κ1) is 11.2. The van der Waals surface area contributed by atoms with Crippen molar-refractivity contribution >= 4 is 18.0 Å². The lowest BCUT2D eigenvalue weighted by Crippen LogP contribution is -2.51. The van der Waals surface area contributed by atoms with Gasteiger partial charge in [-0.25, -0.2) is 4.98 Å². The van der Waals surface area contributed by atoms with Gasteiger partial charge in [0.05, 0.1) is 0 Å². The summed E-state index contributed by atoms with van der Waals surface area (Å²) in [5.41, 5.74) is 0.591. The maximum atomic E-state index is 11.6. The lowest BCUT2D eigenvalue weighted by molar-refractivity contribution is -0.129. The second-order valence-corrected chi connectivity index (χ2v) is 4.79. The predicted octanol–water partition coefficient (Wildman–Crippen LogP) is 0.705. The van der Waals surface area contributed by atoms with Crippen LogP contribution in [0.3, 0.4) is 0 Å². The monoisotopic (exact) mass is 245 g/mol. The van der Waals surface area contributed by atoms with Crippen molar-refractivity contribution in [3.8, 4) is 0 Å². The Kier molecular flexibility index (Phi) is 2.74. The molecule has 1 aromatic rings. The smallest absolute Gasteiger partial charge is 0.223 e. The van der Waals surface area contributed by atoms with Crippen molar-refractivity contribution in [1.82, 2.24) is 9.88 Å². The summed E-state index contributed by atoms with van der Waals surface area (Å²) in [6, 6.07) is 3.98. The summed E-state index contributed by atoms with van der Waals surface area (Å²) >= 11 is 0. The highest BCUT2D eigenvalue weighted by atomic mass is 16.2. The lowest BCUT2D eigenvalue weighted by Gasteiger charge is -2.38. The number of carbonyl (C=O) groups excluding carboxylic acids is 2. The molecular weight excluding hydrogens is 230 g/mol. The summed E-state index contributed by atoms with van der Waals surface area (Å²) in [6.45, 7) is 2.44. The van der Waals surface area contributed by atoms with Crippen LogP contribution in [0.2, 0.25) is 0 Å². The standard InChI is InChI=1S/C13H15N3O2/c17-9-10-1-3-12(14-7-10)15-5-6-16-11(8-15)2-4-13(16)18/h1,3,7,9,11H,2,4-6,8H2. The number of fused-ring (bicyclic) bond motifs is 1. The Morgan fingerprint density at radius 2 is 2.22 bits per heavy atom. The van der Waals surface area contributed by atoms with Crippen LogP contribution in [-0.2, 0) is 4.79 Å². The van der Waals surface area contributed by atoms with Crippen LogP contribution in [-0.4, -0.2) is 47.8 Å². The topological polar surface area (TPSA) is 53.5 Å². The Morgan fingerprint density at radius 1 is 1.33 bits per heavy atom. The van der Waals surface area contributed by atoms with E-state index in [2.05, 4.69) is 9.88 Å². The third-order valence-corrected chi connectivity index (χ3v) is 3.73. The molecule has 0 bridgehead atoms. The lowest BCUT2D eigenvalue weighted by atomic mass is 10.1. The fourth-order valence-corrected chi connectivity index (χ4v) is 2.73.